The van der Waals surface area contributed by atoms with E-state index >= 15 is 0 Å². The molecule has 10 aliphatic heterocycles. The first-order valence-electron chi connectivity index (χ1n) is 23.0. The van der Waals surface area contributed by atoms with Gasteiger partial charge in [-0.1, -0.05) is 33.6 Å². The van der Waals surface area contributed by atoms with E-state index in [1.54, 1.807) is 0 Å². The molecule has 0 amide bonds. The minimum atomic E-state index is 0.642. The van der Waals surface area contributed by atoms with Crippen molar-refractivity contribution in [3.8, 4) is 0 Å². The van der Waals surface area contributed by atoms with Crippen molar-refractivity contribution in [1.82, 2.24) is 50.5 Å². The van der Waals surface area contributed by atoms with Gasteiger partial charge in [-0.25, -0.2) is 10.0 Å². The quantitative estimate of drug-likeness (QED) is 0.295. The van der Waals surface area contributed by atoms with Crippen LogP contribution in [-0.4, -0.2) is 199 Å². The van der Waals surface area contributed by atoms with E-state index in [1.165, 1.54) is 196 Å². The minimum absolute atomic E-state index is 0.642. The molecule has 53 heavy (non-hydrogen) atoms. The number of nitrogens with one attached hydrogen (secondary N) is 3. The zero-order valence-corrected chi connectivity index (χ0v) is 34.9. The molecular formula is C43H82N10. The van der Waals surface area contributed by atoms with Gasteiger partial charge in [0.2, 0.25) is 0 Å². The molecule has 0 radical (unpaired) electrons. The second-order valence-corrected chi connectivity index (χ2v) is 20.6. The van der Waals surface area contributed by atoms with Crippen LogP contribution in [0.25, 0.3) is 0 Å². The largest absolute Gasteiger partial charge is 0.317 e. The molecule has 0 aromatic heterocycles. The Morgan fingerprint density at radius 2 is 1.11 bits per heavy atom. The summed E-state index contributed by atoms with van der Waals surface area (Å²) in [6, 6.07) is 0. The Kier molecular flexibility index (Phi) is 13.1. The number of nitrogens with zero attached hydrogens (tertiary/aromatic N) is 7. The van der Waals surface area contributed by atoms with E-state index in [9.17, 15) is 0 Å². The van der Waals surface area contributed by atoms with Gasteiger partial charge in [-0.3, -0.25) is 0 Å². The van der Waals surface area contributed by atoms with Crippen LogP contribution >= 0.6 is 0 Å². The predicted molar refractivity (Wildman–Crippen MR) is 219 cm³/mol. The fourth-order valence-corrected chi connectivity index (χ4v) is 12.8. The summed E-state index contributed by atoms with van der Waals surface area (Å²) in [6.45, 7) is 38.8. The summed E-state index contributed by atoms with van der Waals surface area (Å²) in [6.07, 6.45) is 8.21. The van der Waals surface area contributed by atoms with Gasteiger partial charge >= 0.3 is 0 Å². The summed E-state index contributed by atoms with van der Waals surface area (Å²) in [5.41, 5.74) is 1.31. The van der Waals surface area contributed by atoms with E-state index in [0.29, 0.717) is 10.8 Å². The highest BCUT2D eigenvalue weighted by molar-refractivity contribution is 5.07. The van der Waals surface area contributed by atoms with Crippen molar-refractivity contribution >= 4 is 0 Å². The van der Waals surface area contributed by atoms with Crippen LogP contribution in [0.5, 0.6) is 0 Å². The third-order valence-electron chi connectivity index (χ3n) is 15.9. The predicted octanol–water partition coefficient (Wildman–Crippen LogP) is 2.21. The van der Waals surface area contributed by atoms with Crippen LogP contribution in [0.1, 0.15) is 59.3 Å². The maximum absolute atomic E-state index is 3.50. The lowest BCUT2D eigenvalue weighted by Gasteiger charge is -2.62. The molecule has 10 saturated heterocycles. The number of likely N-dealkylation sites (tertiary alicyclic amines) is 5. The van der Waals surface area contributed by atoms with Crippen LogP contribution in [-0.2, 0) is 0 Å². The van der Waals surface area contributed by atoms with Crippen molar-refractivity contribution in [2.45, 2.75) is 59.3 Å². The van der Waals surface area contributed by atoms with E-state index < -0.39 is 0 Å². The molecule has 10 fully saturated rings. The highest BCUT2D eigenvalue weighted by atomic mass is 15.7. The fraction of sp³-hybridized carbons (Fsp3) is 1.00. The van der Waals surface area contributed by atoms with Gasteiger partial charge in [0.25, 0.3) is 0 Å². The van der Waals surface area contributed by atoms with Crippen LogP contribution < -0.4 is 16.0 Å². The van der Waals surface area contributed by atoms with E-state index in [-0.39, 0.29) is 0 Å². The second-order valence-electron chi connectivity index (χ2n) is 20.6. The summed E-state index contributed by atoms with van der Waals surface area (Å²) in [4.78, 5) is 13.2. The highest BCUT2D eigenvalue weighted by Gasteiger charge is 2.56. The summed E-state index contributed by atoms with van der Waals surface area (Å²) in [7, 11) is 2.22. The van der Waals surface area contributed by atoms with Gasteiger partial charge in [0.15, 0.2) is 0 Å². The SMILES string of the molecule is CCC(CC)CN1CC2CNCC2C1.CCCN1CC2(C1)CN(N1CCC3(CN(CC4CCNCC4)C3)C1)C2.CN1CC(CN2CC3CNCC3C2)C1. The summed E-state index contributed by atoms with van der Waals surface area (Å²) >= 11 is 0. The molecule has 304 valence electrons. The Labute approximate surface area is 325 Å². The van der Waals surface area contributed by atoms with E-state index in [1.807, 2.05) is 0 Å². The summed E-state index contributed by atoms with van der Waals surface area (Å²) in [5.74, 6) is 6.71. The maximum atomic E-state index is 3.50. The van der Waals surface area contributed by atoms with Gasteiger partial charge in [-0.2, -0.15) is 0 Å². The Balaban J connectivity index is 0.000000122. The van der Waals surface area contributed by atoms with Gasteiger partial charge in [0.1, 0.15) is 0 Å². The van der Waals surface area contributed by atoms with Crippen LogP contribution in [0.15, 0.2) is 0 Å². The third-order valence-corrected chi connectivity index (χ3v) is 15.9. The molecule has 10 heterocycles. The standard InChI is InChI=1S/C20H37N5.C12H24N2.C11H21N3/c1-2-8-22-13-20(14-22)16-25(17-20)24-9-5-19(15-24)11-23(12-19)10-18-3-6-21-7-4-18;1-3-10(4-2)7-14-8-11-5-13-6-12(11)9-14;1-13-4-9(5-13)6-14-7-10-2-12-3-11(10)8-14/h18,21H,2-17H2,1H3;10-13H,3-9H2,1-2H3;9-12H,2-8H2,1H3. The van der Waals surface area contributed by atoms with Crippen molar-refractivity contribution in [1.29, 1.82) is 0 Å². The molecule has 0 saturated carbocycles. The molecule has 10 rings (SSSR count). The van der Waals surface area contributed by atoms with Crippen molar-refractivity contribution in [3.05, 3.63) is 0 Å². The number of piperidine rings is 1. The molecule has 3 N–H and O–H groups in total. The second kappa shape index (κ2) is 17.6. The van der Waals surface area contributed by atoms with Gasteiger partial charge in [0.05, 0.1) is 0 Å². The number of fused-ring (bicyclic) bond motifs is 2. The lowest BCUT2D eigenvalue weighted by atomic mass is 9.73. The molecule has 10 heteroatoms. The van der Waals surface area contributed by atoms with Crippen molar-refractivity contribution < 1.29 is 0 Å². The first kappa shape index (κ1) is 39.4. The van der Waals surface area contributed by atoms with E-state index in [4.69, 9.17) is 0 Å². The van der Waals surface area contributed by atoms with Crippen LogP contribution in [0.3, 0.4) is 0 Å². The lowest BCUT2D eigenvalue weighted by molar-refractivity contribution is -0.199. The molecule has 10 aliphatic rings. The number of hydrazine groups is 1. The van der Waals surface area contributed by atoms with Crippen LogP contribution in [0.2, 0.25) is 0 Å². The monoisotopic (exact) mass is 739 g/mol. The highest BCUT2D eigenvalue weighted by Crippen LogP contribution is 2.45. The van der Waals surface area contributed by atoms with E-state index in [2.05, 4.69) is 78.3 Å². The topological polar surface area (TPSA) is 58.8 Å². The lowest BCUT2D eigenvalue weighted by Crippen LogP contribution is -2.74. The fourth-order valence-electron chi connectivity index (χ4n) is 12.8. The number of hydrogen-bond donors (Lipinski definition) is 3. The molecule has 0 bridgehead atoms. The normalized spacial score (nSPS) is 35.0. The van der Waals surface area contributed by atoms with E-state index in [0.717, 1.165) is 41.4 Å². The van der Waals surface area contributed by atoms with Crippen molar-refractivity contribution in [2.24, 2.45) is 52.3 Å². The smallest absolute Gasteiger partial charge is 0.0240 e. The first-order chi connectivity index (χ1) is 25.8. The zero-order valence-electron chi connectivity index (χ0n) is 34.9. The van der Waals surface area contributed by atoms with Gasteiger partial charge < -0.3 is 40.4 Å². The molecular weight excluding hydrogens is 657 g/mol. The van der Waals surface area contributed by atoms with Gasteiger partial charge in [-0.05, 0) is 120 Å². The molecule has 0 aromatic carbocycles. The molecule has 0 aliphatic carbocycles. The zero-order chi connectivity index (χ0) is 36.4. The number of hydrogen-bond acceptors (Lipinski definition) is 10. The average Bonchev–Trinajstić information content (AvgIpc) is 3.92. The summed E-state index contributed by atoms with van der Waals surface area (Å²) in [5, 5.41) is 15.9. The molecule has 4 unspecified atom stereocenters. The maximum Gasteiger partial charge on any atom is 0.0240 e. The van der Waals surface area contributed by atoms with Gasteiger partial charge in [0, 0.05) is 122 Å². The van der Waals surface area contributed by atoms with Gasteiger partial charge in [-0.15, -0.1) is 0 Å². The Morgan fingerprint density at radius 1 is 0.566 bits per heavy atom. The average molecular weight is 739 g/mol. The third kappa shape index (κ3) is 9.50. The molecule has 10 nitrogen and oxygen atoms in total. The Morgan fingerprint density at radius 3 is 1.68 bits per heavy atom. The molecule has 0 aromatic rings. The number of rotatable bonds is 11. The minimum Gasteiger partial charge on any atom is -0.317 e. The van der Waals surface area contributed by atoms with Crippen molar-refractivity contribution in [3.63, 3.8) is 0 Å². The Hall–Kier alpha value is -0.400. The Bertz CT molecular complexity index is 1090. The summed E-state index contributed by atoms with van der Waals surface area (Å²) < 4.78 is 0. The molecule has 4 atom stereocenters. The van der Waals surface area contributed by atoms with Crippen molar-refractivity contribution in [2.75, 3.05) is 164 Å². The molecule has 2 spiro atoms. The van der Waals surface area contributed by atoms with Crippen LogP contribution in [0.4, 0.5) is 0 Å². The first-order valence-corrected chi connectivity index (χ1v) is 23.0. The van der Waals surface area contributed by atoms with Crippen LogP contribution in [0, 0.1) is 52.3 Å².